The van der Waals surface area contributed by atoms with Crippen molar-refractivity contribution in [3.05, 3.63) is 24.3 Å². The number of hydrogen-bond acceptors (Lipinski definition) is 4. The summed E-state index contributed by atoms with van der Waals surface area (Å²) in [4.78, 5) is 15.3. The standard InChI is InChI=1S/C23H38N2O3/c1-4-6-14-23(3,28-18-5-2)22(26)24-20-10-12-21(13-11-20)27-19-17-25-15-8-7-9-16-25/h10-13H,4-9,14-19H2,1-3H3,(H,24,26). The van der Waals surface area contributed by atoms with Gasteiger partial charge in [0.1, 0.15) is 18.0 Å². The molecule has 0 bridgehead atoms. The number of rotatable bonds is 12. The fraction of sp³-hybridized carbons (Fsp3) is 0.696. The fourth-order valence-electron chi connectivity index (χ4n) is 3.47. The lowest BCUT2D eigenvalue weighted by Gasteiger charge is -2.28. The van der Waals surface area contributed by atoms with Crippen LogP contribution in [0.3, 0.4) is 0 Å². The maximum atomic E-state index is 12.8. The number of likely N-dealkylation sites (tertiary alicyclic amines) is 1. The van der Waals surface area contributed by atoms with Gasteiger partial charge in [-0.2, -0.15) is 0 Å². The smallest absolute Gasteiger partial charge is 0.256 e. The monoisotopic (exact) mass is 390 g/mol. The molecule has 1 heterocycles. The fourth-order valence-corrected chi connectivity index (χ4v) is 3.47. The number of nitrogens with one attached hydrogen (secondary N) is 1. The highest BCUT2D eigenvalue weighted by atomic mass is 16.5. The van der Waals surface area contributed by atoms with E-state index in [1.54, 1.807) is 0 Å². The molecular weight excluding hydrogens is 352 g/mol. The molecule has 1 saturated heterocycles. The molecule has 28 heavy (non-hydrogen) atoms. The van der Waals surface area contributed by atoms with Crippen LogP contribution >= 0.6 is 0 Å². The van der Waals surface area contributed by atoms with Crippen molar-refractivity contribution in [2.45, 2.75) is 71.3 Å². The van der Waals surface area contributed by atoms with Gasteiger partial charge in [0, 0.05) is 18.8 Å². The van der Waals surface area contributed by atoms with Crippen LogP contribution in [0.2, 0.25) is 0 Å². The Kier molecular flexibility index (Phi) is 9.79. The molecule has 158 valence electrons. The van der Waals surface area contributed by atoms with Crippen LogP contribution in [0.25, 0.3) is 0 Å². The van der Waals surface area contributed by atoms with Gasteiger partial charge in [0.25, 0.3) is 5.91 Å². The first kappa shape index (κ1) is 22.7. The van der Waals surface area contributed by atoms with Gasteiger partial charge in [-0.25, -0.2) is 0 Å². The average molecular weight is 391 g/mol. The summed E-state index contributed by atoms with van der Waals surface area (Å²) in [5, 5.41) is 3.01. The lowest BCUT2D eigenvalue weighted by molar-refractivity contribution is -0.140. The maximum absolute atomic E-state index is 12.8. The Bertz CT molecular complexity index is 560. The molecule has 5 heteroatoms. The molecule has 0 spiro atoms. The highest BCUT2D eigenvalue weighted by Gasteiger charge is 2.33. The van der Waals surface area contributed by atoms with Gasteiger partial charge in [0.15, 0.2) is 0 Å². The van der Waals surface area contributed by atoms with Gasteiger partial charge in [-0.3, -0.25) is 9.69 Å². The Morgan fingerprint density at radius 3 is 2.43 bits per heavy atom. The highest BCUT2D eigenvalue weighted by molar-refractivity contribution is 5.97. The lowest BCUT2D eigenvalue weighted by atomic mass is 9.97. The summed E-state index contributed by atoms with van der Waals surface area (Å²) >= 11 is 0. The molecule has 1 fully saturated rings. The largest absolute Gasteiger partial charge is 0.492 e. The summed E-state index contributed by atoms with van der Waals surface area (Å²) in [5.74, 6) is 0.763. The second-order valence-electron chi connectivity index (χ2n) is 7.91. The van der Waals surface area contributed by atoms with Crippen LogP contribution in [0.15, 0.2) is 24.3 Å². The average Bonchev–Trinajstić information content (AvgIpc) is 2.72. The van der Waals surface area contributed by atoms with Crippen molar-refractivity contribution in [2.75, 3.05) is 38.2 Å². The Labute approximate surface area is 170 Å². The SMILES string of the molecule is CCCCC(C)(OCCC)C(=O)Nc1ccc(OCCN2CCCCC2)cc1. The minimum Gasteiger partial charge on any atom is -0.492 e. The van der Waals surface area contributed by atoms with Gasteiger partial charge in [0.2, 0.25) is 0 Å². The predicted molar refractivity (Wildman–Crippen MR) is 115 cm³/mol. The van der Waals surface area contributed by atoms with Crippen molar-refractivity contribution in [1.29, 1.82) is 0 Å². The Hall–Kier alpha value is -1.59. The van der Waals surface area contributed by atoms with Crippen molar-refractivity contribution in [2.24, 2.45) is 0 Å². The Balaban J connectivity index is 1.82. The van der Waals surface area contributed by atoms with Crippen LogP contribution in [-0.4, -0.2) is 49.3 Å². The zero-order valence-corrected chi connectivity index (χ0v) is 18.0. The molecule has 1 unspecified atom stereocenters. The summed E-state index contributed by atoms with van der Waals surface area (Å²) in [5.41, 5.74) is -0.00785. The first-order valence-electron chi connectivity index (χ1n) is 11.0. The number of benzene rings is 1. The summed E-state index contributed by atoms with van der Waals surface area (Å²) in [6.45, 7) is 10.7. The van der Waals surface area contributed by atoms with E-state index in [1.165, 1.54) is 32.4 Å². The second kappa shape index (κ2) is 12.1. The van der Waals surface area contributed by atoms with Crippen molar-refractivity contribution in [3.63, 3.8) is 0 Å². The van der Waals surface area contributed by atoms with E-state index in [9.17, 15) is 4.79 Å². The van der Waals surface area contributed by atoms with E-state index in [1.807, 2.05) is 31.2 Å². The number of unbranched alkanes of at least 4 members (excludes halogenated alkanes) is 1. The lowest BCUT2D eigenvalue weighted by Crippen LogP contribution is -2.43. The molecule has 1 aliphatic heterocycles. The van der Waals surface area contributed by atoms with Crippen LogP contribution in [0.5, 0.6) is 5.75 Å². The third kappa shape index (κ3) is 7.44. The van der Waals surface area contributed by atoms with Gasteiger partial charge in [-0.15, -0.1) is 0 Å². The van der Waals surface area contributed by atoms with E-state index >= 15 is 0 Å². The van der Waals surface area contributed by atoms with E-state index < -0.39 is 5.60 Å². The zero-order valence-electron chi connectivity index (χ0n) is 18.0. The molecule has 0 aliphatic carbocycles. The molecule has 0 radical (unpaired) electrons. The molecule has 1 N–H and O–H groups in total. The number of carbonyl (C=O) groups is 1. The number of piperidine rings is 1. The molecule has 5 nitrogen and oxygen atoms in total. The molecule has 1 aromatic rings. The predicted octanol–water partition coefficient (Wildman–Crippen LogP) is 4.87. The quantitative estimate of drug-likeness (QED) is 0.553. The van der Waals surface area contributed by atoms with Crippen molar-refractivity contribution < 1.29 is 14.3 Å². The molecule has 0 aromatic heterocycles. The summed E-state index contributed by atoms with van der Waals surface area (Å²) in [6, 6.07) is 7.63. The van der Waals surface area contributed by atoms with Gasteiger partial charge in [-0.1, -0.05) is 33.1 Å². The van der Waals surface area contributed by atoms with E-state index in [4.69, 9.17) is 9.47 Å². The summed E-state index contributed by atoms with van der Waals surface area (Å²) < 4.78 is 11.8. The normalized spacial score (nSPS) is 17.1. The number of ether oxygens (including phenoxy) is 2. The number of amides is 1. The Morgan fingerprint density at radius 2 is 1.79 bits per heavy atom. The highest BCUT2D eigenvalue weighted by Crippen LogP contribution is 2.23. The maximum Gasteiger partial charge on any atom is 0.256 e. The number of carbonyl (C=O) groups excluding carboxylic acids is 1. The van der Waals surface area contributed by atoms with Gasteiger partial charge in [-0.05, 0) is 70.0 Å². The van der Waals surface area contributed by atoms with Crippen LogP contribution < -0.4 is 10.1 Å². The molecule has 1 aromatic carbocycles. The van der Waals surface area contributed by atoms with E-state index in [2.05, 4.69) is 24.1 Å². The number of anilines is 1. The van der Waals surface area contributed by atoms with Gasteiger partial charge in [0.05, 0.1) is 0 Å². The molecule has 1 aliphatic rings. The van der Waals surface area contributed by atoms with Crippen molar-refractivity contribution >= 4 is 11.6 Å². The molecule has 2 rings (SSSR count). The van der Waals surface area contributed by atoms with Crippen LogP contribution in [0.1, 0.15) is 65.7 Å². The Morgan fingerprint density at radius 1 is 1.07 bits per heavy atom. The first-order chi connectivity index (χ1) is 13.6. The second-order valence-corrected chi connectivity index (χ2v) is 7.91. The van der Waals surface area contributed by atoms with Crippen LogP contribution in [0, 0.1) is 0 Å². The molecule has 1 atom stereocenters. The molecule has 0 saturated carbocycles. The van der Waals surface area contributed by atoms with Gasteiger partial charge >= 0.3 is 0 Å². The third-order valence-corrected chi connectivity index (χ3v) is 5.35. The minimum absolute atomic E-state index is 0.0758. The molecule has 1 amide bonds. The van der Waals surface area contributed by atoms with Crippen molar-refractivity contribution in [1.82, 2.24) is 4.90 Å². The van der Waals surface area contributed by atoms with Crippen LogP contribution in [0.4, 0.5) is 5.69 Å². The van der Waals surface area contributed by atoms with Crippen molar-refractivity contribution in [3.8, 4) is 5.75 Å². The van der Waals surface area contributed by atoms with E-state index in [0.29, 0.717) is 13.2 Å². The minimum atomic E-state index is -0.782. The van der Waals surface area contributed by atoms with E-state index in [-0.39, 0.29) is 5.91 Å². The topological polar surface area (TPSA) is 50.8 Å². The number of hydrogen-bond donors (Lipinski definition) is 1. The van der Waals surface area contributed by atoms with Gasteiger partial charge < -0.3 is 14.8 Å². The summed E-state index contributed by atoms with van der Waals surface area (Å²) in [7, 11) is 0. The zero-order chi connectivity index (χ0) is 20.2. The molecular formula is C23H38N2O3. The third-order valence-electron chi connectivity index (χ3n) is 5.35. The van der Waals surface area contributed by atoms with E-state index in [0.717, 1.165) is 43.7 Å². The van der Waals surface area contributed by atoms with Crippen LogP contribution in [-0.2, 0) is 9.53 Å². The first-order valence-corrected chi connectivity index (χ1v) is 11.0. The summed E-state index contributed by atoms with van der Waals surface area (Å²) in [6.07, 6.45) is 7.59. The number of nitrogens with zero attached hydrogens (tertiary/aromatic N) is 1.